The van der Waals surface area contributed by atoms with Gasteiger partial charge in [-0.1, -0.05) is 35.1 Å². The van der Waals surface area contributed by atoms with Gasteiger partial charge in [-0.15, -0.1) is 0 Å². The number of aromatic nitrogens is 1. The van der Waals surface area contributed by atoms with E-state index >= 15 is 0 Å². The fourth-order valence-corrected chi connectivity index (χ4v) is 5.45. The van der Waals surface area contributed by atoms with Crippen LogP contribution in [-0.2, 0) is 14.3 Å². The number of ether oxygens (including phenoxy) is 3. The largest absolute Gasteiger partial charge is 0.493 e. The number of hydrogen-bond acceptors (Lipinski definition) is 7. The highest BCUT2D eigenvalue weighted by Crippen LogP contribution is 2.36. The van der Waals surface area contributed by atoms with E-state index in [0.717, 1.165) is 23.1 Å². The summed E-state index contributed by atoms with van der Waals surface area (Å²) < 4.78 is 17.9. The van der Waals surface area contributed by atoms with E-state index in [-0.39, 0.29) is 30.6 Å². The fraction of sp³-hybridized carbons (Fsp3) is 0.375. The van der Waals surface area contributed by atoms with Gasteiger partial charge in [-0.05, 0) is 36.2 Å². The molecule has 2 aliphatic rings. The smallest absolute Gasteiger partial charge is 0.245 e. The maximum Gasteiger partial charge on any atom is 0.245 e. The van der Waals surface area contributed by atoms with Crippen LogP contribution in [0.25, 0.3) is 10.2 Å². The molecule has 2 atom stereocenters. The van der Waals surface area contributed by atoms with E-state index in [0.29, 0.717) is 46.7 Å². The normalized spacial score (nSPS) is 20.2. The van der Waals surface area contributed by atoms with Gasteiger partial charge in [0.2, 0.25) is 11.8 Å². The lowest BCUT2D eigenvalue weighted by molar-refractivity contribution is -0.131. The Morgan fingerprint density at radius 2 is 2.21 bits per heavy atom. The van der Waals surface area contributed by atoms with Gasteiger partial charge in [0.15, 0.2) is 22.9 Å². The molecule has 3 heterocycles. The Hall–Kier alpha value is -2.88. The Morgan fingerprint density at radius 3 is 2.97 bits per heavy atom. The van der Waals surface area contributed by atoms with Crippen LogP contribution in [0.5, 0.6) is 11.5 Å². The summed E-state index contributed by atoms with van der Waals surface area (Å²) in [5.41, 5.74) is 1.62. The first kappa shape index (κ1) is 22.9. The lowest BCUT2D eigenvalue weighted by Crippen LogP contribution is -2.34. The molecule has 1 aromatic heterocycles. The number of carbonyl (C=O) groups excluding carboxylic acids is 2. The van der Waals surface area contributed by atoms with E-state index in [1.165, 1.54) is 11.3 Å². The van der Waals surface area contributed by atoms with Crippen molar-refractivity contribution in [3.63, 3.8) is 0 Å². The monoisotopic (exact) mass is 501 g/mol. The van der Waals surface area contributed by atoms with Gasteiger partial charge < -0.3 is 24.4 Å². The molecule has 0 bridgehead atoms. The Bertz CT molecular complexity index is 1230. The van der Waals surface area contributed by atoms with Gasteiger partial charge >= 0.3 is 0 Å². The van der Waals surface area contributed by atoms with Crippen molar-refractivity contribution in [1.82, 2.24) is 9.88 Å². The summed E-state index contributed by atoms with van der Waals surface area (Å²) in [5, 5.41) is 3.79. The summed E-state index contributed by atoms with van der Waals surface area (Å²) in [5.74, 6) is 0.825. The molecule has 3 aromatic rings. The number of anilines is 1. The van der Waals surface area contributed by atoms with E-state index < -0.39 is 0 Å². The van der Waals surface area contributed by atoms with Crippen LogP contribution in [0, 0.1) is 0 Å². The molecule has 0 spiro atoms. The van der Waals surface area contributed by atoms with Gasteiger partial charge in [0, 0.05) is 25.3 Å². The van der Waals surface area contributed by atoms with Gasteiger partial charge in [0.1, 0.15) is 5.52 Å². The summed E-state index contributed by atoms with van der Waals surface area (Å²) in [6.45, 7) is 1.10. The van der Waals surface area contributed by atoms with E-state index in [9.17, 15) is 9.59 Å². The fourth-order valence-electron chi connectivity index (χ4n) is 4.27. The molecule has 178 valence electrons. The SMILES string of the molecule is COc1ccc([C@@H]2CC(=O)N(CC(=O)Nc3nc4c(Cl)cccc4s3)C2)cc1OC1CCCO1. The Kier molecular flexibility index (Phi) is 6.58. The van der Waals surface area contributed by atoms with E-state index in [4.69, 9.17) is 25.8 Å². The Morgan fingerprint density at radius 1 is 1.32 bits per heavy atom. The summed E-state index contributed by atoms with van der Waals surface area (Å²) in [6.07, 6.45) is 1.84. The number of methoxy groups -OCH3 is 1. The van der Waals surface area contributed by atoms with Crippen molar-refractivity contribution < 1.29 is 23.8 Å². The molecule has 34 heavy (non-hydrogen) atoms. The second kappa shape index (κ2) is 9.77. The molecule has 1 N–H and O–H groups in total. The van der Waals surface area contributed by atoms with Crippen LogP contribution < -0.4 is 14.8 Å². The van der Waals surface area contributed by atoms with Crippen LogP contribution in [0.1, 0.15) is 30.7 Å². The van der Waals surface area contributed by atoms with E-state index in [1.54, 1.807) is 18.1 Å². The number of likely N-dealkylation sites (tertiary alicyclic amines) is 1. The second-order valence-electron chi connectivity index (χ2n) is 8.30. The second-order valence-corrected chi connectivity index (χ2v) is 9.74. The van der Waals surface area contributed by atoms with Gasteiger partial charge in [0.05, 0.1) is 30.0 Å². The topological polar surface area (TPSA) is 90.0 Å². The molecule has 0 saturated carbocycles. The molecule has 2 saturated heterocycles. The zero-order valence-electron chi connectivity index (χ0n) is 18.6. The highest BCUT2D eigenvalue weighted by molar-refractivity contribution is 7.22. The Balaban J connectivity index is 1.24. The number of para-hydroxylation sites is 1. The van der Waals surface area contributed by atoms with Crippen molar-refractivity contribution >= 4 is 50.1 Å². The average Bonchev–Trinajstić information content (AvgIpc) is 3.55. The molecule has 10 heteroatoms. The van der Waals surface area contributed by atoms with E-state index in [1.807, 2.05) is 30.3 Å². The number of amides is 2. The lowest BCUT2D eigenvalue weighted by atomic mass is 9.98. The number of nitrogens with zero attached hydrogens (tertiary/aromatic N) is 2. The summed E-state index contributed by atoms with van der Waals surface area (Å²) >= 11 is 7.52. The molecule has 0 aliphatic carbocycles. The maximum absolute atomic E-state index is 12.7. The molecule has 5 rings (SSSR count). The molecule has 2 aromatic carbocycles. The van der Waals surface area contributed by atoms with E-state index in [2.05, 4.69) is 10.3 Å². The number of carbonyl (C=O) groups is 2. The lowest BCUT2D eigenvalue weighted by Gasteiger charge is -2.19. The first-order valence-corrected chi connectivity index (χ1v) is 12.3. The van der Waals surface area contributed by atoms with Crippen molar-refractivity contribution in [3.05, 3.63) is 47.0 Å². The van der Waals surface area contributed by atoms with Gasteiger partial charge in [-0.2, -0.15) is 0 Å². The molecule has 2 amide bonds. The molecule has 2 aliphatic heterocycles. The molecular weight excluding hydrogens is 478 g/mol. The summed E-state index contributed by atoms with van der Waals surface area (Å²) in [4.78, 5) is 31.3. The number of nitrogens with one attached hydrogen (secondary N) is 1. The van der Waals surface area contributed by atoms with Crippen LogP contribution in [0.15, 0.2) is 36.4 Å². The third-order valence-corrected chi connectivity index (χ3v) is 7.21. The van der Waals surface area contributed by atoms with Crippen LogP contribution in [0.3, 0.4) is 0 Å². The van der Waals surface area contributed by atoms with Crippen molar-refractivity contribution in [3.8, 4) is 11.5 Å². The molecule has 1 unspecified atom stereocenters. The summed E-state index contributed by atoms with van der Waals surface area (Å²) in [7, 11) is 1.59. The first-order valence-electron chi connectivity index (χ1n) is 11.1. The number of hydrogen-bond donors (Lipinski definition) is 1. The summed E-state index contributed by atoms with van der Waals surface area (Å²) in [6, 6.07) is 11.2. The number of thiazole rings is 1. The first-order chi connectivity index (χ1) is 16.5. The maximum atomic E-state index is 12.7. The number of rotatable bonds is 7. The third kappa shape index (κ3) is 4.82. The molecular formula is C24H24ClN3O5S. The van der Waals surface area contributed by atoms with Gasteiger partial charge in [-0.25, -0.2) is 4.98 Å². The minimum Gasteiger partial charge on any atom is -0.493 e. The standard InChI is InChI=1S/C24H24ClN3O5S/c1-31-17-8-7-14(10-18(17)33-22-6-3-9-32-22)15-11-21(30)28(12-15)13-20(29)26-24-27-23-16(25)4-2-5-19(23)34-24/h2,4-5,7-8,10,15,22H,3,6,9,11-13H2,1H3,(H,26,27,29)/t15-,22?/m1/s1. The molecule has 2 fully saturated rings. The average molecular weight is 502 g/mol. The quantitative estimate of drug-likeness (QED) is 0.515. The zero-order valence-corrected chi connectivity index (χ0v) is 20.2. The van der Waals surface area contributed by atoms with Gasteiger partial charge in [0.25, 0.3) is 0 Å². The highest BCUT2D eigenvalue weighted by Gasteiger charge is 2.32. The van der Waals surface area contributed by atoms with Crippen LogP contribution >= 0.6 is 22.9 Å². The zero-order chi connectivity index (χ0) is 23.7. The Labute approximate surface area is 205 Å². The van der Waals surface area contributed by atoms with Crippen LogP contribution in [0.2, 0.25) is 5.02 Å². The number of benzene rings is 2. The van der Waals surface area contributed by atoms with Crippen LogP contribution in [-0.4, -0.2) is 54.8 Å². The predicted molar refractivity (Wildman–Crippen MR) is 130 cm³/mol. The minimum atomic E-state index is -0.290. The van der Waals surface area contributed by atoms with Crippen LogP contribution in [0.4, 0.5) is 5.13 Å². The number of halogens is 1. The number of fused-ring (bicyclic) bond motifs is 1. The predicted octanol–water partition coefficient (Wildman–Crippen LogP) is 4.43. The molecule has 8 nitrogen and oxygen atoms in total. The molecule has 0 radical (unpaired) electrons. The van der Waals surface area contributed by atoms with Crippen molar-refractivity contribution in [1.29, 1.82) is 0 Å². The third-order valence-electron chi connectivity index (χ3n) is 5.97. The highest BCUT2D eigenvalue weighted by atomic mass is 35.5. The van der Waals surface area contributed by atoms with Crippen molar-refractivity contribution in [2.75, 3.05) is 32.1 Å². The van der Waals surface area contributed by atoms with Crippen molar-refractivity contribution in [2.24, 2.45) is 0 Å². The minimum absolute atomic E-state index is 0.0333. The van der Waals surface area contributed by atoms with Crippen molar-refractivity contribution in [2.45, 2.75) is 31.5 Å². The van der Waals surface area contributed by atoms with Gasteiger partial charge in [-0.3, -0.25) is 9.59 Å².